The van der Waals surface area contributed by atoms with Crippen LogP contribution in [0.3, 0.4) is 0 Å². The molecule has 2 aromatic carbocycles. The Morgan fingerprint density at radius 3 is 2.59 bits per heavy atom. The lowest BCUT2D eigenvalue weighted by molar-refractivity contribution is 0.0699. The molecule has 0 aliphatic carbocycles. The summed E-state index contributed by atoms with van der Waals surface area (Å²) in [5, 5.41) is 18.9. The second-order valence-corrected chi connectivity index (χ2v) is 6.21. The summed E-state index contributed by atoms with van der Waals surface area (Å²) in [4.78, 5) is 16.1. The quantitative estimate of drug-likeness (QED) is 0.714. The van der Waals surface area contributed by atoms with Gasteiger partial charge in [0, 0.05) is 5.39 Å². The number of carboxylic acids is 1. The van der Waals surface area contributed by atoms with Crippen LogP contribution in [-0.4, -0.2) is 22.2 Å². The molecule has 0 spiro atoms. The number of hydrogen-bond donors (Lipinski definition) is 1. The Morgan fingerprint density at radius 1 is 1.19 bits per heavy atom. The smallest absolute Gasteiger partial charge is 0.336 e. The predicted molar refractivity (Wildman–Crippen MR) is 105 cm³/mol. The van der Waals surface area contributed by atoms with Crippen molar-refractivity contribution in [2.24, 2.45) is 0 Å². The Morgan fingerprint density at radius 2 is 1.93 bits per heavy atom. The maximum Gasteiger partial charge on any atom is 0.336 e. The molecular weight excluding hydrogens is 340 g/mol. The van der Waals surface area contributed by atoms with E-state index in [1.165, 1.54) is 0 Å². The van der Waals surface area contributed by atoms with Crippen LogP contribution in [0.2, 0.25) is 0 Å². The van der Waals surface area contributed by atoms with Gasteiger partial charge in [0.1, 0.15) is 11.8 Å². The molecule has 27 heavy (non-hydrogen) atoms. The zero-order valence-corrected chi connectivity index (χ0v) is 15.0. The van der Waals surface area contributed by atoms with Crippen LogP contribution in [0.1, 0.15) is 34.1 Å². The third-order valence-electron chi connectivity index (χ3n) is 4.04. The molecule has 0 aliphatic rings. The number of benzene rings is 2. The summed E-state index contributed by atoms with van der Waals surface area (Å²) in [6, 6.07) is 16.5. The molecule has 5 heteroatoms. The lowest BCUT2D eigenvalue weighted by atomic mass is 10.0. The Labute approximate surface area is 157 Å². The second-order valence-electron chi connectivity index (χ2n) is 6.21. The van der Waals surface area contributed by atoms with E-state index in [-0.39, 0.29) is 5.56 Å². The van der Waals surface area contributed by atoms with Gasteiger partial charge in [-0.15, -0.1) is 0 Å². The Bertz CT molecular complexity index is 1060. The lowest BCUT2D eigenvalue weighted by Crippen LogP contribution is -2.07. The summed E-state index contributed by atoms with van der Waals surface area (Å²) >= 11 is 0. The van der Waals surface area contributed by atoms with Crippen LogP contribution < -0.4 is 4.74 Å². The van der Waals surface area contributed by atoms with Crippen molar-refractivity contribution in [1.82, 2.24) is 4.98 Å². The number of pyridine rings is 1. The number of hydrogen-bond acceptors (Lipinski definition) is 4. The first-order valence-corrected chi connectivity index (χ1v) is 8.45. The van der Waals surface area contributed by atoms with E-state index >= 15 is 0 Å². The van der Waals surface area contributed by atoms with Gasteiger partial charge in [0.15, 0.2) is 6.10 Å². The summed E-state index contributed by atoms with van der Waals surface area (Å²) in [5.41, 5.74) is 3.35. The molecular formula is C22H18N2O3. The average molecular weight is 358 g/mol. The molecule has 3 aromatic rings. The number of carboxylic acid groups (broad SMARTS) is 1. The predicted octanol–water partition coefficient (Wildman–Crippen LogP) is 4.70. The number of fused-ring (bicyclic) bond motifs is 1. The number of ether oxygens (including phenoxy) is 1. The fourth-order valence-electron chi connectivity index (χ4n) is 2.69. The SMILES string of the molecule is Cc1ccc2nc(/C=C/c3ccc(OC(C)C#N)cc3)cc(C(=O)O)c2c1. The fraction of sp³-hybridized carbons (Fsp3) is 0.136. The first kappa shape index (κ1) is 18.2. The lowest BCUT2D eigenvalue weighted by Gasteiger charge is -2.07. The van der Waals surface area contributed by atoms with Crippen LogP contribution >= 0.6 is 0 Å². The maximum absolute atomic E-state index is 11.6. The van der Waals surface area contributed by atoms with Gasteiger partial charge in [0.05, 0.1) is 16.8 Å². The van der Waals surface area contributed by atoms with Crippen molar-refractivity contribution in [2.75, 3.05) is 0 Å². The third-order valence-corrected chi connectivity index (χ3v) is 4.04. The summed E-state index contributed by atoms with van der Waals surface area (Å²) in [6.45, 7) is 3.60. The van der Waals surface area contributed by atoms with Gasteiger partial charge >= 0.3 is 5.97 Å². The van der Waals surface area contributed by atoms with Gasteiger partial charge in [-0.1, -0.05) is 29.8 Å². The van der Waals surface area contributed by atoms with E-state index < -0.39 is 12.1 Å². The highest BCUT2D eigenvalue weighted by Gasteiger charge is 2.11. The first-order chi connectivity index (χ1) is 13.0. The minimum atomic E-state index is -0.976. The Hall–Kier alpha value is -3.65. The number of rotatable bonds is 5. The highest BCUT2D eigenvalue weighted by molar-refractivity contribution is 6.03. The highest BCUT2D eigenvalue weighted by atomic mass is 16.5. The molecule has 1 N–H and O–H groups in total. The zero-order chi connectivity index (χ0) is 19.4. The van der Waals surface area contributed by atoms with E-state index in [1.54, 1.807) is 31.2 Å². The molecule has 1 atom stereocenters. The molecule has 1 aromatic heterocycles. The molecule has 0 bridgehead atoms. The summed E-state index contributed by atoms with van der Waals surface area (Å²) in [7, 11) is 0. The van der Waals surface area contributed by atoms with Crippen molar-refractivity contribution in [3.8, 4) is 11.8 Å². The molecule has 0 aliphatic heterocycles. The van der Waals surface area contributed by atoms with Gasteiger partial charge in [-0.2, -0.15) is 5.26 Å². The molecule has 1 heterocycles. The molecule has 0 amide bonds. The second kappa shape index (κ2) is 7.71. The molecule has 134 valence electrons. The maximum atomic E-state index is 11.6. The third kappa shape index (κ3) is 4.31. The molecule has 0 saturated heterocycles. The van der Waals surface area contributed by atoms with Crippen molar-refractivity contribution >= 4 is 29.0 Å². The fourth-order valence-corrected chi connectivity index (χ4v) is 2.69. The van der Waals surface area contributed by atoms with E-state index in [4.69, 9.17) is 10.00 Å². The van der Waals surface area contributed by atoms with Crippen LogP contribution in [0.4, 0.5) is 0 Å². The molecule has 5 nitrogen and oxygen atoms in total. The summed E-state index contributed by atoms with van der Waals surface area (Å²) < 4.78 is 5.42. The molecule has 0 radical (unpaired) electrons. The van der Waals surface area contributed by atoms with E-state index in [0.717, 1.165) is 11.1 Å². The topological polar surface area (TPSA) is 83.2 Å². The monoisotopic (exact) mass is 358 g/mol. The average Bonchev–Trinajstić information content (AvgIpc) is 2.66. The summed E-state index contributed by atoms with van der Waals surface area (Å²) in [5.74, 6) is -0.357. The number of nitrogens with zero attached hydrogens (tertiary/aromatic N) is 2. The van der Waals surface area contributed by atoms with Crippen molar-refractivity contribution in [3.63, 3.8) is 0 Å². The van der Waals surface area contributed by atoms with Gasteiger partial charge in [0.25, 0.3) is 0 Å². The normalized spacial score (nSPS) is 12.0. The van der Waals surface area contributed by atoms with Crippen LogP contribution in [0, 0.1) is 18.3 Å². The molecule has 0 saturated carbocycles. The minimum absolute atomic E-state index is 0.234. The number of carbonyl (C=O) groups is 1. The standard InChI is InChI=1S/C22H18N2O3/c1-14-3-10-21-19(11-14)20(22(25)26)12-17(24-21)7-4-16-5-8-18(9-6-16)27-15(2)13-23/h3-12,15H,1-2H3,(H,25,26)/b7-4+. The van der Waals surface area contributed by atoms with Crippen LogP contribution in [0.15, 0.2) is 48.5 Å². The van der Waals surface area contributed by atoms with Crippen LogP contribution in [0.25, 0.3) is 23.1 Å². The Kier molecular flexibility index (Phi) is 5.18. The van der Waals surface area contributed by atoms with Gasteiger partial charge in [-0.3, -0.25) is 0 Å². The van der Waals surface area contributed by atoms with Crippen molar-refractivity contribution in [2.45, 2.75) is 20.0 Å². The van der Waals surface area contributed by atoms with Crippen molar-refractivity contribution in [3.05, 3.63) is 70.9 Å². The summed E-state index contributed by atoms with van der Waals surface area (Å²) in [6.07, 6.45) is 3.12. The van der Waals surface area contributed by atoms with Crippen molar-refractivity contribution < 1.29 is 14.6 Å². The van der Waals surface area contributed by atoms with E-state index in [2.05, 4.69) is 4.98 Å². The van der Waals surface area contributed by atoms with Gasteiger partial charge in [-0.25, -0.2) is 9.78 Å². The van der Waals surface area contributed by atoms with E-state index in [0.29, 0.717) is 22.3 Å². The molecule has 3 rings (SSSR count). The minimum Gasteiger partial charge on any atom is -0.478 e. The van der Waals surface area contributed by atoms with Gasteiger partial charge in [-0.05, 0) is 55.8 Å². The first-order valence-electron chi connectivity index (χ1n) is 8.45. The Balaban J connectivity index is 1.89. The van der Waals surface area contributed by atoms with Gasteiger partial charge < -0.3 is 9.84 Å². The van der Waals surface area contributed by atoms with Gasteiger partial charge in [0.2, 0.25) is 0 Å². The van der Waals surface area contributed by atoms with E-state index in [9.17, 15) is 9.90 Å². The number of aromatic carboxylic acids is 1. The zero-order valence-electron chi connectivity index (χ0n) is 15.0. The van der Waals surface area contributed by atoms with Crippen LogP contribution in [0.5, 0.6) is 5.75 Å². The molecule has 1 unspecified atom stereocenters. The number of aromatic nitrogens is 1. The van der Waals surface area contributed by atoms with Crippen molar-refractivity contribution in [1.29, 1.82) is 5.26 Å². The largest absolute Gasteiger partial charge is 0.478 e. The van der Waals surface area contributed by atoms with E-state index in [1.807, 2.05) is 49.4 Å². The number of aryl methyl sites for hydroxylation is 1. The van der Waals surface area contributed by atoms with Crippen LogP contribution in [-0.2, 0) is 0 Å². The number of nitriles is 1. The highest BCUT2D eigenvalue weighted by Crippen LogP contribution is 2.22. The molecule has 0 fully saturated rings.